The summed E-state index contributed by atoms with van der Waals surface area (Å²) in [5, 5.41) is 4.44. The number of methoxy groups -OCH3 is 1. The molecule has 1 atom stereocenters. The van der Waals surface area contributed by atoms with Crippen molar-refractivity contribution in [3.8, 4) is 11.6 Å². The highest BCUT2D eigenvalue weighted by Gasteiger charge is 2.20. The van der Waals surface area contributed by atoms with Crippen LogP contribution in [0.2, 0.25) is 0 Å². The number of ether oxygens (including phenoxy) is 2. The van der Waals surface area contributed by atoms with Crippen LogP contribution in [0, 0.1) is 6.92 Å². The fraction of sp³-hybridized carbons (Fsp3) is 0.200. The second-order valence-electron chi connectivity index (χ2n) is 6.32. The van der Waals surface area contributed by atoms with Crippen LogP contribution in [0.15, 0.2) is 59.5 Å². The van der Waals surface area contributed by atoms with Crippen molar-refractivity contribution in [3.05, 3.63) is 60.2 Å². The number of H-pyrrole nitrogens is 1. The maximum absolute atomic E-state index is 6.10. The number of rotatable bonds is 5. The Morgan fingerprint density at radius 3 is 2.85 bits per heavy atom. The average molecular weight is 363 g/mol. The van der Waals surface area contributed by atoms with E-state index in [4.69, 9.17) is 9.47 Å². The largest absolute Gasteiger partial charge is 0.481 e. The summed E-state index contributed by atoms with van der Waals surface area (Å²) in [7, 11) is 3.52. The zero-order valence-corrected chi connectivity index (χ0v) is 15.4. The van der Waals surface area contributed by atoms with Gasteiger partial charge in [-0.15, -0.1) is 0 Å². The molecule has 1 aromatic carbocycles. The van der Waals surface area contributed by atoms with Crippen LogP contribution in [0.5, 0.6) is 11.6 Å². The van der Waals surface area contributed by atoms with Crippen molar-refractivity contribution < 1.29 is 9.47 Å². The highest BCUT2D eigenvalue weighted by Crippen LogP contribution is 2.25. The van der Waals surface area contributed by atoms with Gasteiger partial charge in [0.2, 0.25) is 5.88 Å². The number of hydrogen-bond donors (Lipinski definition) is 2. The van der Waals surface area contributed by atoms with Gasteiger partial charge in [0.15, 0.2) is 12.2 Å². The van der Waals surface area contributed by atoms with E-state index >= 15 is 0 Å². The maximum atomic E-state index is 6.10. The molecule has 1 aliphatic rings. The van der Waals surface area contributed by atoms with E-state index in [2.05, 4.69) is 26.3 Å². The van der Waals surface area contributed by atoms with Crippen molar-refractivity contribution in [3.63, 3.8) is 0 Å². The van der Waals surface area contributed by atoms with Crippen molar-refractivity contribution in [2.45, 2.75) is 13.2 Å². The Morgan fingerprint density at radius 1 is 1.19 bits per heavy atom. The maximum Gasteiger partial charge on any atom is 0.213 e. The van der Waals surface area contributed by atoms with Crippen LogP contribution >= 0.6 is 0 Å². The second kappa shape index (κ2) is 7.03. The first-order valence-electron chi connectivity index (χ1n) is 8.62. The molecule has 1 aliphatic heterocycles. The summed E-state index contributed by atoms with van der Waals surface area (Å²) in [5.41, 5.74) is 3.06. The van der Waals surface area contributed by atoms with Gasteiger partial charge in [-0.2, -0.15) is 0 Å². The van der Waals surface area contributed by atoms with Crippen LogP contribution < -0.4 is 14.8 Å². The molecular weight excluding hydrogens is 342 g/mol. The van der Waals surface area contributed by atoms with Crippen LogP contribution in [0.1, 0.15) is 5.69 Å². The number of benzene rings is 1. The summed E-state index contributed by atoms with van der Waals surface area (Å²) < 4.78 is 11.2. The zero-order valence-electron chi connectivity index (χ0n) is 15.4. The molecule has 27 heavy (non-hydrogen) atoms. The normalized spacial score (nSPS) is 16.3. The van der Waals surface area contributed by atoms with Gasteiger partial charge >= 0.3 is 0 Å². The number of hydrogen-bond acceptors (Lipinski definition) is 6. The molecule has 0 spiro atoms. The van der Waals surface area contributed by atoms with Gasteiger partial charge < -0.3 is 24.7 Å². The third kappa shape index (κ3) is 3.57. The molecule has 0 saturated carbocycles. The van der Waals surface area contributed by atoms with Crippen LogP contribution in [0.25, 0.3) is 10.9 Å². The van der Waals surface area contributed by atoms with E-state index in [9.17, 15) is 0 Å². The number of pyridine rings is 1. The van der Waals surface area contributed by atoms with Crippen molar-refractivity contribution in [2.75, 3.05) is 19.5 Å². The Bertz CT molecular complexity index is 1010. The van der Waals surface area contributed by atoms with Gasteiger partial charge in [-0.25, -0.2) is 9.98 Å². The van der Waals surface area contributed by atoms with E-state index in [0.717, 1.165) is 28.0 Å². The molecule has 0 fully saturated rings. The molecule has 0 amide bonds. The number of anilines is 1. The summed E-state index contributed by atoms with van der Waals surface area (Å²) >= 11 is 0. The van der Waals surface area contributed by atoms with E-state index in [-0.39, 0.29) is 6.29 Å². The Morgan fingerprint density at radius 2 is 2.07 bits per heavy atom. The minimum absolute atomic E-state index is 0.293. The first-order chi connectivity index (χ1) is 13.1. The molecule has 0 saturated heterocycles. The molecule has 7 heteroatoms. The van der Waals surface area contributed by atoms with E-state index in [0.29, 0.717) is 11.8 Å². The van der Waals surface area contributed by atoms with Gasteiger partial charge in [-0.05, 0) is 37.3 Å². The quantitative estimate of drug-likeness (QED) is 0.726. The third-order valence-corrected chi connectivity index (χ3v) is 4.35. The van der Waals surface area contributed by atoms with Gasteiger partial charge in [0.1, 0.15) is 5.75 Å². The topological polar surface area (TPSA) is 74.8 Å². The van der Waals surface area contributed by atoms with Gasteiger partial charge in [0.25, 0.3) is 0 Å². The summed E-state index contributed by atoms with van der Waals surface area (Å²) in [6, 6.07) is 11.8. The fourth-order valence-corrected chi connectivity index (χ4v) is 2.94. The molecule has 2 N–H and O–H groups in total. The summed E-state index contributed by atoms with van der Waals surface area (Å²) in [5.74, 6) is 2.05. The van der Waals surface area contributed by atoms with Crippen LogP contribution in [-0.2, 0) is 0 Å². The first-order valence-corrected chi connectivity index (χ1v) is 8.62. The number of aromatic nitrogens is 2. The summed E-state index contributed by atoms with van der Waals surface area (Å²) in [4.78, 5) is 13.9. The van der Waals surface area contributed by atoms with Crippen molar-refractivity contribution in [2.24, 2.45) is 4.99 Å². The van der Waals surface area contributed by atoms with E-state index < -0.39 is 0 Å². The Hall–Kier alpha value is -3.48. The summed E-state index contributed by atoms with van der Waals surface area (Å²) in [6.45, 7) is 2.04. The Labute approximate surface area is 157 Å². The number of fused-ring (bicyclic) bond motifs is 1. The number of aromatic amines is 1. The lowest BCUT2D eigenvalue weighted by Crippen LogP contribution is -2.39. The number of nitrogens with zero attached hydrogens (tertiary/aromatic N) is 3. The molecule has 7 nitrogen and oxygen atoms in total. The SMILES string of the molecule is COc1ccc(NC2N=CC=C(Oc3ccc4[nH]c(C)cc4c3)N2C)cn1. The Balaban J connectivity index is 1.47. The fourth-order valence-electron chi connectivity index (χ4n) is 2.94. The predicted octanol–water partition coefficient (Wildman–Crippen LogP) is 3.51. The van der Waals surface area contributed by atoms with Crippen molar-refractivity contribution >= 4 is 22.8 Å². The average Bonchev–Trinajstić information content (AvgIpc) is 3.05. The molecule has 4 rings (SSSR count). The molecule has 0 bridgehead atoms. The highest BCUT2D eigenvalue weighted by atomic mass is 16.5. The predicted molar refractivity (Wildman–Crippen MR) is 106 cm³/mol. The van der Waals surface area contributed by atoms with Crippen LogP contribution in [0.4, 0.5) is 5.69 Å². The third-order valence-electron chi connectivity index (χ3n) is 4.35. The molecule has 0 aliphatic carbocycles. The lowest BCUT2D eigenvalue weighted by atomic mass is 10.2. The summed E-state index contributed by atoms with van der Waals surface area (Å²) in [6.07, 6.45) is 5.00. The standard InChI is InChI=1S/C20H21N5O2/c1-13-10-14-11-16(5-6-17(14)23-13)27-19-8-9-21-20(25(19)2)24-15-4-7-18(26-3)22-12-15/h4-12,20,23-24H,1-3H3. The highest BCUT2D eigenvalue weighted by molar-refractivity contribution is 5.82. The number of allylic oxidation sites excluding steroid dienone is 1. The van der Waals surface area contributed by atoms with Gasteiger partial charge in [-0.3, -0.25) is 0 Å². The molecule has 0 radical (unpaired) electrons. The number of aryl methyl sites for hydroxylation is 1. The van der Waals surface area contributed by atoms with Gasteiger partial charge in [-0.1, -0.05) is 0 Å². The minimum Gasteiger partial charge on any atom is -0.481 e. The smallest absolute Gasteiger partial charge is 0.213 e. The number of aliphatic imine (C=N–C) groups is 1. The van der Waals surface area contributed by atoms with E-state index in [1.165, 1.54) is 0 Å². The van der Waals surface area contributed by atoms with Crippen LogP contribution in [0.3, 0.4) is 0 Å². The lowest BCUT2D eigenvalue weighted by Gasteiger charge is -2.31. The molecule has 1 unspecified atom stereocenters. The lowest BCUT2D eigenvalue weighted by molar-refractivity contribution is 0.211. The second-order valence-corrected chi connectivity index (χ2v) is 6.32. The molecule has 3 aromatic rings. The van der Waals surface area contributed by atoms with E-state index in [1.54, 1.807) is 25.6 Å². The molecule has 138 valence electrons. The minimum atomic E-state index is -0.293. The molecule has 3 heterocycles. The first kappa shape index (κ1) is 17.0. The van der Waals surface area contributed by atoms with E-state index in [1.807, 2.05) is 49.2 Å². The zero-order chi connectivity index (χ0) is 18.8. The number of nitrogens with one attached hydrogen (secondary N) is 2. The monoisotopic (exact) mass is 363 g/mol. The van der Waals surface area contributed by atoms with Crippen LogP contribution in [-0.4, -0.2) is 41.5 Å². The van der Waals surface area contributed by atoms with Gasteiger partial charge in [0.05, 0.1) is 19.0 Å². The van der Waals surface area contributed by atoms with Gasteiger partial charge in [0, 0.05) is 42.0 Å². The molecular formula is C20H21N5O2. The Kier molecular flexibility index (Phi) is 4.42. The molecule has 2 aromatic heterocycles. The van der Waals surface area contributed by atoms with Crippen molar-refractivity contribution in [1.82, 2.24) is 14.9 Å². The van der Waals surface area contributed by atoms with Crippen molar-refractivity contribution in [1.29, 1.82) is 0 Å².